The Hall–Kier alpha value is -0.180. The lowest BCUT2D eigenvalue weighted by atomic mass is 10.2. The van der Waals surface area contributed by atoms with Crippen LogP contribution in [0, 0.1) is 0 Å². The van der Waals surface area contributed by atoms with E-state index >= 15 is 0 Å². The molecule has 2 atom stereocenters. The molecule has 2 aliphatic heterocycles. The lowest BCUT2D eigenvalue weighted by Crippen LogP contribution is -2.31. The van der Waals surface area contributed by atoms with Crippen molar-refractivity contribution < 1.29 is 21.6 Å². The summed E-state index contributed by atoms with van der Waals surface area (Å²) in [6.07, 6.45) is 1.89. The fourth-order valence-corrected chi connectivity index (χ4v) is 5.80. The van der Waals surface area contributed by atoms with Gasteiger partial charge in [-0.05, 0) is 25.8 Å². The molecule has 1 N–H and O–H groups in total. The summed E-state index contributed by atoms with van der Waals surface area (Å²) in [4.78, 5) is 0. The lowest BCUT2D eigenvalue weighted by molar-refractivity contribution is 0.0691. The first kappa shape index (κ1) is 15.2. The molecule has 2 aliphatic rings. The number of rotatable bonds is 6. The van der Waals surface area contributed by atoms with Gasteiger partial charge in [-0.1, -0.05) is 0 Å². The molecule has 8 heteroatoms. The second-order valence-corrected chi connectivity index (χ2v) is 9.76. The van der Waals surface area contributed by atoms with Gasteiger partial charge in [-0.3, -0.25) is 0 Å². The maximum atomic E-state index is 11.2. The van der Waals surface area contributed by atoms with Crippen LogP contribution in [0.5, 0.6) is 0 Å². The lowest BCUT2D eigenvalue weighted by Gasteiger charge is -2.12. The Kier molecular flexibility index (Phi) is 4.86. The minimum Gasteiger partial charge on any atom is -0.377 e. The van der Waals surface area contributed by atoms with Crippen LogP contribution >= 0.6 is 0 Å². The zero-order chi connectivity index (χ0) is 13.9. The van der Waals surface area contributed by atoms with E-state index in [-0.39, 0.29) is 35.2 Å². The molecule has 6 nitrogen and oxygen atoms in total. The van der Waals surface area contributed by atoms with Gasteiger partial charge in [0.25, 0.3) is 0 Å². The van der Waals surface area contributed by atoms with Crippen LogP contribution < -0.4 is 5.32 Å². The van der Waals surface area contributed by atoms with E-state index in [1.165, 1.54) is 0 Å². The van der Waals surface area contributed by atoms with Crippen molar-refractivity contribution in [1.29, 1.82) is 0 Å². The monoisotopic (exact) mass is 311 g/mol. The average Bonchev–Trinajstić information content (AvgIpc) is 2.81. The van der Waals surface area contributed by atoms with Gasteiger partial charge in [-0.25, -0.2) is 16.8 Å². The fraction of sp³-hybridized carbons (Fsp3) is 1.00. The summed E-state index contributed by atoms with van der Waals surface area (Å²) in [6, 6.07) is 0.0665. The first-order valence-electron chi connectivity index (χ1n) is 6.62. The van der Waals surface area contributed by atoms with Crippen molar-refractivity contribution in [2.75, 3.05) is 36.2 Å². The Labute approximate surface area is 114 Å². The third kappa shape index (κ3) is 5.02. The van der Waals surface area contributed by atoms with Crippen molar-refractivity contribution in [3.05, 3.63) is 0 Å². The van der Waals surface area contributed by atoms with E-state index in [1.807, 2.05) is 0 Å². The van der Waals surface area contributed by atoms with E-state index in [0.717, 1.165) is 6.42 Å². The molecule has 2 saturated heterocycles. The molecule has 2 fully saturated rings. The highest BCUT2D eigenvalue weighted by Crippen LogP contribution is 2.15. The van der Waals surface area contributed by atoms with E-state index in [1.54, 1.807) is 0 Å². The van der Waals surface area contributed by atoms with Gasteiger partial charge in [0.2, 0.25) is 0 Å². The van der Waals surface area contributed by atoms with Crippen molar-refractivity contribution in [3.8, 4) is 0 Å². The molecule has 0 saturated carbocycles. The summed E-state index contributed by atoms with van der Waals surface area (Å²) in [5.74, 6) is 0.882. The van der Waals surface area contributed by atoms with Gasteiger partial charge in [0.15, 0.2) is 19.7 Å². The van der Waals surface area contributed by atoms with E-state index in [0.29, 0.717) is 26.0 Å². The van der Waals surface area contributed by atoms with Crippen molar-refractivity contribution in [2.45, 2.75) is 31.4 Å². The summed E-state index contributed by atoms with van der Waals surface area (Å²) >= 11 is 0. The van der Waals surface area contributed by atoms with Crippen LogP contribution in [0.4, 0.5) is 0 Å². The molecule has 2 heterocycles. The van der Waals surface area contributed by atoms with Gasteiger partial charge in [0, 0.05) is 12.6 Å². The van der Waals surface area contributed by atoms with Gasteiger partial charge < -0.3 is 10.1 Å². The summed E-state index contributed by atoms with van der Waals surface area (Å²) < 4.78 is 50.4. The molecular formula is C11H21NO5S2. The molecule has 0 amide bonds. The zero-order valence-corrected chi connectivity index (χ0v) is 12.5. The SMILES string of the molecule is O=S1(=O)CC[C@@H](NCCCO[C@@H]2CCS(=O)(=O)C2)C1. The summed E-state index contributed by atoms with van der Waals surface area (Å²) in [5.41, 5.74) is 0. The molecule has 0 aromatic heterocycles. The van der Waals surface area contributed by atoms with Crippen molar-refractivity contribution >= 4 is 19.7 Å². The summed E-state index contributed by atoms with van der Waals surface area (Å²) in [6.45, 7) is 1.23. The molecule has 112 valence electrons. The van der Waals surface area contributed by atoms with E-state index in [4.69, 9.17) is 4.74 Å². The standard InChI is InChI=1S/C11H21NO5S2/c13-18(14)6-2-10(8-18)12-4-1-5-17-11-3-7-19(15,16)9-11/h10-12H,1-9H2/t10-,11-/m1/s1. The second kappa shape index (κ2) is 6.07. The van der Waals surface area contributed by atoms with Crippen LogP contribution in [0.15, 0.2) is 0 Å². The predicted molar refractivity (Wildman–Crippen MR) is 72.7 cm³/mol. The van der Waals surface area contributed by atoms with E-state index in [9.17, 15) is 16.8 Å². The second-order valence-electron chi connectivity index (χ2n) is 5.30. The number of nitrogens with one attached hydrogen (secondary N) is 1. The van der Waals surface area contributed by atoms with Crippen LogP contribution in [0.3, 0.4) is 0 Å². The molecule has 0 bridgehead atoms. The van der Waals surface area contributed by atoms with Gasteiger partial charge in [-0.15, -0.1) is 0 Å². The number of hydrogen-bond donors (Lipinski definition) is 1. The van der Waals surface area contributed by atoms with Gasteiger partial charge in [-0.2, -0.15) is 0 Å². The summed E-state index contributed by atoms with van der Waals surface area (Å²) in [5, 5.41) is 3.20. The maximum absolute atomic E-state index is 11.2. The van der Waals surface area contributed by atoms with Crippen LogP contribution in [-0.4, -0.2) is 65.1 Å². The van der Waals surface area contributed by atoms with Crippen LogP contribution in [0.1, 0.15) is 19.3 Å². The molecule has 0 aliphatic carbocycles. The smallest absolute Gasteiger partial charge is 0.152 e. The first-order valence-corrected chi connectivity index (χ1v) is 10.3. The Bertz CT molecular complexity index is 453. The van der Waals surface area contributed by atoms with Crippen LogP contribution in [0.2, 0.25) is 0 Å². The average molecular weight is 311 g/mol. The number of ether oxygens (including phenoxy) is 1. The minimum atomic E-state index is -2.87. The molecule has 2 rings (SSSR count). The van der Waals surface area contributed by atoms with Gasteiger partial charge in [0.1, 0.15) is 0 Å². The summed E-state index contributed by atoms with van der Waals surface area (Å²) in [7, 11) is -5.70. The van der Waals surface area contributed by atoms with E-state index in [2.05, 4.69) is 5.32 Å². The molecule has 0 radical (unpaired) electrons. The predicted octanol–water partition coefficient (Wildman–Crippen LogP) is -0.643. The molecular weight excluding hydrogens is 290 g/mol. The van der Waals surface area contributed by atoms with Crippen molar-refractivity contribution in [3.63, 3.8) is 0 Å². The molecule has 19 heavy (non-hydrogen) atoms. The Balaban J connectivity index is 1.54. The molecule has 0 aromatic rings. The highest BCUT2D eigenvalue weighted by atomic mass is 32.2. The fourth-order valence-electron chi connectivity index (χ4n) is 2.48. The maximum Gasteiger partial charge on any atom is 0.152 e. The zero-order valence-electron chi connectivity index (χ0n) is 10.9. The Morgan fingerprint density at radius 2 is 1.68 bits per heavy atom. The quantitative estimate of drug-likeness (QED) is 0.656. The highest BCUT2D eigenvalue weighted by molar-refractivity contribution is 7.91. The third-order valence-corrected chi connectivity index (χ3v) is 7.04. The Morgan fingerprint density at radius 1 is 1.00 bits per heavy atom. The number of sulfone groups is 2. The molecule has 0 aromatic carbocycles. The molecule has 0 spiro atoms. The van der Waals surface area contributed by atoms with Crippen molar-refractivity contribution in [2.24, 2.45) is 0 Å². The van der Waals surface area contributed by atoms with Gasteiger partial charge >= 0.3 is 0 Å². The van der Waals surface area contributed by atoms with E-state index < -0.39 is 19.7 Å². The third-order valence-electron chi connectivity index (χ3n) is 3.53. The van der Waals surface area contributed by atoms with Gasteiger partial charge in [0.05, 0.1) is 29.1 Å². The number of hydrogen-bond acceptors (Lipinski definition) is 6. The van der Waals surface area contributed by atoms with Crippen LogP contribution in [-0.2, 0) is 24.4 Å². The minimum absolute atomic E-state index is 0.0665. The normalized spacial score (nSPS) is 32.6. The molecule has 0 unspecified atom stereocenters. The topological polar surface area (TPSA) is 89.5 Å². The van der Waals surface area contributed by atoms with Crippen molar-refractivity contribution in [1.82, 2.24) is 5.32 Å². The van der Waals surface area contributed by atoms with Crippen LogP contribution in [0.25, 0.3) is 0 Å². The first-order chi connectivity index (χ1) is 8.86. The highest BCUT2D eigenvalue weighted by Gasteiger charge is 2.29. The largest absolute Gasteiger partial charge is 0.377 e. The Morgan fingerprint density at radius 3 is 2.26 bits per heavy atom.